The van der Waals surface area contributed by atoms with Crippen LogP contribution < -0.4 is 0 Å². The summed E-state index contributed by atoms with van der Waals surface area (Å²) in [4.78, 5) is 39.2. The summed E-state index contributed by atoms with van der Waals surface area (Å²) in [7, 11) is 0. The van der Waals surface area contributed by atoms with Crippen LogP contribution >= 0.6 is 0 Å². The molecular weight excluding hydrogens is 1170 g/mol. The van der Waals surface area contributed by atoms with Crippen molar-refractivity contribution < 1.29 is 0 Å². The van der Waals surface area contributed by atoms with Gasteiger partial charge in [0, 0.05) is 66.2 Å². The molecule has 0 aliphatic heterocycles. The lowest BCUT2D eigenvalue weighted by Gasteiger charge is -2.18. The van der Waals surface area contributed by atoms with Gasteiger partial charge in [0.15, 0.2) is 46.3 Å². The smallest absolute Gasteiger partial charge is 0.194 e. The molecule has 13 aromatic carbocycles. The van der Waals surface area contributed by atoms with E-state index < -0.39 is 0 Å². The SMILES string of the molecule is [C-]#[N+]c1ccccc1-c1ccc2c(c1)c1ccccc1n2-c1cc(-c2cccc(-c3cc(-c4nc(-c5ccccc5)nc(-c5ccccc5)n4)ccc3-n3c4ccccc4c4cc(-c5ccccc5[N+]#[C-])ccc43)c2)cc(-c2nc(-c3ccccc3)nc(-c3ccccc3)n2)c1. The van der Waals surface area contributed by atoms with Crippen molar-refractivity contribution >= 4 is 55.0 Å². The Bertz CT molecular complexity index is 5870. The average molecular weight is 1230 g/mol. The molecule has 4 aromatic heterocycles. The van der Waals surface area contributed by atoms with Crippen molar-refractivity contribution in [2.24, 2.45) is 0 Å². The van der Waals surface area contributed by atoms with Gasteiger partial charge in [-0.1, -0.05) is 237 Å². The highest BCUT2D eigenvalue weighted by Gasteiger charge is 2.23. The Balaban J connectivity index is 0.908. The van der Waals surface area contributed by atoms with Crippen LogP contribution in [-0.2, 0) is 0 Å². The number of aromatic nitrogens is 8. The Labute approximate surface area is 553 Å². The number of hydrogen-bond donors (Lipinski definition) is 0. The van der Waals surface area contributed by atoms with Crippen molar-refractivity contribution in [3.8, 4) is 124 Å². The molecule has 17 rings (SSSR count). The lowest BCUT2D eigenvalue weighted by Crippen LogP contribution is -2.02. The van der Waals surface area contributed by atoms with Crippen LogP contribution in [0.5, 0.6) is 0 Å². The highest BCUT2D eigenvalue weighted by Crippen LogP contribution is 2.44. The maximum absolute atomic E-state index is 8.07. The minimum atomic E-state index is 0.518. The van der Waals surface area contributed by atoms with E-state index >= 15 is 0 Å². The van der Waals surface area contributed by atoms with E-state index in [1.54, 1.807) is 0 Å². The topological polar surface area (TPSA) is 95.9 Å². The molecule has 4 heterocycles. The molecular formula is C86H52N10. The van der Waals surface area contributed by atoms with Crippen LogP contribution in [0.4, 0.5) is 11.4 Å². The van der Waals surface area contributed by atoms with Crippen LogP contribution in [0.3, 0.4) is 0 Å². The molecule has 10 nitrogen and oxygen atoms in total. The molecule has 0 amide bonds. The van der Waals surface area contributed by atoms with E-state index in [1.807, 2.05) is 170 Å². The largest absolute Gasteiger partial charge is 0.309 e. The van der Waals surface area contributed by atoms with Crippen molar-refractivity contribution in [1.29, 1.82) is 0 Å². The third-order valence-electron chi connectivity index (χ3n) is 17.9. The molecule has 0 aliphatic rings. The molecule has 0 radical (unpaired) electrons. The van der Waals surface area contributed by atoms with Gasteiger partial charge in [0.2, 0.25) is 0 Å². The third kappa shape index (κ3) is 10.2. The highest BCUT2D eigenvalue weighted by atomic mass is 15.1. The summed E-state index contributed by atoms with van der Waals surface area (Å²) in [5.41, 5.74) is 19.7. The molecule has 0 saturated heterocycles. The normalized spacial score (nSPS) is 11.3. The summed E-state index contributed by atoms with van der Waals surface area (Å²) in [5, 5.41) is 4.28. The number of nitrogens with zero attached hydrogens (tertiary/aromatic N) is 10. The highest BCUT2D eigenvalue weighted by molar-refractivity contribution is 6.12. The van der Waals surface area contributed by atoms with Crippen molar-refractivity contribution in [3.63, 3.8) is 0 Å². The zero-order valence-corrected chi connectivity index (χ0v) is 51.5. The minimum absolute atomic E-state index is 0.518. The fourth-order valence-electron chi connectivity index (χ4n) is 13.3. The Morgan fingerprint density at radius 1 is 0.219 bits per heavy atom. The van der Waals surface area contributed by atoms with Gasteiger partial charge in [0.05, 0.1) is 40.9 Å². The summed E-state index contributed by atoms with van der Waals surface area (Å²) in [6.45, 7) is 16.1. The molecule has 17 aromatic rings. The van der Waals surface area contributed by atoms with Gasteiger partial charge in [-0.25, -0.2) is 39.6 Å². The standard InChI is InChI=1S/C86H52N10/c1-87-74-38-19-15-34-67(74)61-42-45-79-72(52-61)69-36-17-21-40-76(69)95(79)66-50-64(49-65(51-66)86-93-83(57-28-11-5-12-29-57)90-84(94-86)58-30-13-6-14-31-58)59-32-23-33-60(48-59)71-54-63(85-91-81(55-24-7-3-8-25-55)89-82(92-85)56-26-9-4-10-27-56)44-47-78(71)96-77-41-22-18-37-70(77)73-53-62(43-46-80(73)96)68-35-16-20-39-75(68)88-2/h3-54H. The molecule has 96 heavy (non-hydrogen) atoms. The lowest BCUT2D eigenvalue weighted by molar-refractivity contribution is 1.07. The second kappa shape index (κ2) is 23.9. The molecule has 0 unspecified atom stereocenters. The predicted octanol–water partition coefficient (Wildman–Crippen LogP) is 22.0. The van der Waals surface area contributed by atoms with Crippen molar-refractivity contribution in [3.05, 3.63) is 338 Å². The van der Waals surface area contributed by atoms with Crippen LogP contribution in [-0.4, -0.2) is 39.0 Å². The first-order valence-electron chi connectivity index (χ1n) is 31.6. The number of hydrogen-bond acceptors (Lipinski definition) is 6. The zero-order chi connectivity index (χ0) is 64.1. The first kappa shape index (κ1) is 56.4. The first-order chi connectivity index (χ1) is 47.5. The Morgan fingerprint density at radius 3 is 1.07 bits per heavy atom. The van der Waals surface area contributed by atoms with Gasteiger partial charge in [0.25, 0.3) is 0 Å². The molecule has 0 bridgehead atoms. The van der Waals surface area contributed by atoms with E-state index in [9.17, 15) is 0 Å². The number of para-hydroxylation sites is 4. The van der Waals surface area contributed by atoms with Crippen molar-refractivity contribution in [1.82, 2.24) is 39.0 Å². The summed E-state index contributed by atoms with van der Waals surface area (Å²) in [6.07, 6.45) is 0. The van der Waals surface area contributed by atoms with E-state index in [2.05, 4.69) is 164 Å². The van der Waals surface area contributed by atoms with Gasteiger partial charge in [-0.3, -0.25) is 0 Å². The Kier molecular flexibility index (Phi) is 14.1. The lowest BCUT2D eigenvalue weighted by atomic mass is 9.95. The molecule has 0 N–H and O–H groups in total. The Hall–Kier alpha value is -13.5. The zero-order valence-electron chi connectivity index (χ0n) is 51.5. The van der Waals surface area contributed by atoms with Gasteiger partial charge in [-0.2, -0.15) is 0 Å². The number of rotatable bonds is 12. The van der Waals surface area contributed by atoms with Gasteiger partial charge in [0.1, 0.15) is 0 Å². The summed E-state index contributed by atoms with van der Waals surface area (Å²) in [6, 6.07) is 108. The summed E-state index contributed by atoms with van der Waals surface area (Å²) in [5.74, 6) is 3.31. The van der Waals surface area contributed by atoms with Gasteiger partial charge in [-0.15, -0.1) is 0 Å². The van der Waals surface area contributed by atoms with Crippen LogP contribution in [0.2, 0.25) is 0 Å². The Morgan fingerprint density at radius 2 is 0.573 bits per heavy atom. The molecule has 0 fully saturated rings. The quantitative estimate of drug-likeness (QED) is 0.113. The molecule has 0 saturated carbocycles. The molecule has 10 heteroatoms. The minimum Gasteiger partial charge on any atom is -0.309 e. The number of fused-ring (bicyclic) bond motifs is 6. The van der Waals surface area contributed by atoms with E-state index in [1.165, 1.54) is 0 Å². The second-order valence-corrected chi connectivity index (χ2v) is 23.6. The second-order valence-electron chi connectivity index (χ2n) is 23.6. The van der Waals surface area contributed by atoms with E-state index in [4.69, 9.17) is 43.0 Å². The first-order valence-corrected chi connectivity index (χ1v) is 31.6. The molecule has 0 aliphatic carbocycles. The third-order valence-corrected chi connectivity index (χ3v) is 17.9. The van der Waals surface area contributed by atoms with Crippen molar-refractivity contribution in [2.75, 3.05) is 0 Å². The van der Waals surface area contributed by atoms with E-state index in [-0.39, 0.29) is 0 Å². The van der Waals surface area contributed by atoms with Crippen LogP contribution in [0, 0.1) is 13.1 Å². The molecule has 446 valence electrons. The monoisotopic (exact) mass is 1220 g/mol. The fourth-order valence-corrected chi connectivity index (χ4v) is 13.3. The maximum atomic E-state index is 8.07. The average Bonchev–Trinajstić information content (AvgIpc) is 1.98. The summed E-state index contributed by atoms with van der Waals surface area (Å²) < 4.78 is 4.70. The van der Waals surface area contributed by atoms with Crippen LogP contribution in [0.1, 0.15) is 0 Å². The van der Waals surface area contributed by atoms with Gasteiger partial charge >= 0.3 is 0 Å². The van der Waals surface area contributed by atoms with Gasteiger partial charge < -0.3 is 9.13 Å². The van der Waals surface area contributed by atoms with Crippen molar-refractivity contribution in [2.45, 2.75) is 0 Å². The van der Waals surface area contributed by atoms with Crippen LogP contribution in [0.25, 0.3) is 178 Å². The molecule has 0 spiro atoms. The molecule has 0 atom stereocenters. The van der Waals surface area contributed by atoms with Crippen LogP contribution in [0.15, 0.2) is 315 Å². The number of benzene rings is 13. The summed E-state index contributed by atoms with van der Waals surface area (Å²) >= 11 is 0. The van der Waals surface area contributed by atoms with Gasteiger partial charge in [-0.05, 0) is 118 Å². The van der Waals surface area contributed by atoms with E-state index in [0.717, 1.165) is 133 Å². The maximum Gasteiger partial charge on any atom is 0.194 e. The fraction of sp³-hybridized carbons (Fsp3) is 0. The van der Waals surface area contributed by atoms with E-state index in [0.29, 0.717) is 46.3 Å². The predicted molar refractivity (Wildman–Crippen MR) is 389 cm³/mol.